The van der Waals surface area contributed by atoms with E-state index in [4.69, 9.17) is 1.37 Å². The molecule has 0 aliphatic heterocycles. The van der Waals surface area contributed by atoms with Crippen LogP contribution in [-0.4, -0.2) is 28.9 Å². The van der Waals surface area contributed by atoms with Crippen LogP contribution in [0.3, 0.4) is 0 Å². The number of aromatic nitrogens is 2. The molecule has 0 aliphatic rings. The van der Waals surface area contributed by atoms with Gasteiger partial charge in [-0.25, -0.2) is 4.98 Å². The molecule has 49 heavy (non-hydrogen) atoms. The number of nitrogens with zero attached hydrogens (tertiary/aromatic N) is 2. The zero-order valence-electron chi connectivity index (χ0n) is 32.5. The number of carbonyl (C=O) groups is 1. The van der Waals surface area contributed by atoms with Crippen molar-refractivity contribution < 1.29 is 31.4 Å². The van der Waals surface area contributed by atoms with Crippen molar-refractivity contribution in [1.29, 1.82) is 0 Å². The molecule has 0 spiro atoms. The summed E-state index contributed by atoms with van der Waals surface area (Å²) in [5.41, 5.74) is 4.69. The van der Waals surface area contributed by atoms with Crippen LogP contribution in [0.1, 0.15) is 99.5 Å². The number of allylic oxidation sites excluding steroid dienone is 2. The predicted octanol–water partition coefficient (Wildman–Crippen LogP) is 12.1. The molecule has 1 radical (unpaired) electrons. The first-order valence-electron chi connectivity index (χ1n) is 18.1. The molecule has 0 fully saturated rings. The summed E-state index contributed by atoms with van der Waals surface area (Å²) in [5, 5.41) is 15.1. The Hall–Kier alpha value is -2.70. The number of aliphatic hydroxyl groups excluding tert-OH is 1. The molecule has 265 valence electrons. The second-order valence-corrected chi connectivity index (χ2v) is 21.1. The SMILES string of the molecule is CCC(C)(CC)C(=O)/C=C(\O)C(C)(CC)CC.[2H]c1nc(-c2[c-]c3ccccc3c(C(C)C)c2)c2sc3c(C)c([Si](C)(C)C)ccc3c2n1.[Ir]. The number of thiophene rings is 1. The average Bonchev–Trinajstić information content (AvgIpc) is 3.45. The second kappa shape index (κ2) is 16.1. The van der Waals surface area contributed by atoms with Crippen molar-refractivity contribution in [3.8, 4) is 11.3 Å². The molecular formula is C42H55IrN2O2SSi-. The van der Waals surface area contributed by atoms with E-state index in [-0.39, 0.29) is 48.8 Å². The quantitative estimate of drug-likeness (QED) is 0.0657. The first kappa shape index (κ1) is 39.1. The van der Waals surface area contributed by atoms with E-state index in [2.05, 4.69) is 98.9 Å². The summed E-state index contributed by atoms with van der Waals surface area (Å²) in [4.78, 5) is 21.4. The van der Waals surface area contributed by atoms with E-state index in [1.807, 2.05) is 41.5 Å². The van der Waals surface area contributed by atoms with Gasteiger partial charge < -0.3 is 5.11 Å². The Morgan fingerprint density at radius 2 is 1.57 bits per heavy atom. The molecule has 2 aromatic heterocycles. The fourth-order valence-corrected chi connectivity index (χ4v) is 9.44. The number of hydrogen-bond donors (Lipinski definition) is 1. The van der Waals surface area contributed by atoms with E-state index >= 15 is 0 Å². The normalized spacial score (nSPS) is 13.0. The molecule has 0 aliphatic carbocycles. The zero-order chi connectivity index (χ0) is 36.5. The molecule has 5 aromatic rings. The van der Waals surface area contributed by atoms with Crippen LogP contribution >= 0.6 is 11.3 Å². The van der Waals surface area contributed by atoms with Crippen LogP contribution in [0, 0.1) is 23.8 Å². The Kier molecular flexibility index (Phi) is 12.8. The van der Waals surface area contributed by atoms with Crippen LogP contribution in [0.15, 0.2) is 60.6 Å². The van der Waals surface area contributed by atoms with E-state index in [9.17, 15) is 9.90 Å². The van der Waals surface area contributed by atoms with Crippen LogP contribution in [-0.2, 0) is 24.9 Å². The number of ketones is 1. The van der Waals surface area contributed by atoms with Crippen molar-refractivity contribution in [2.75, 3.05) is 0 Å². The Morgan fingerprint density at radius 3 is 2.14 bits per heavy atom. The zero-order valence-corrected chi connectivity index (χ0v) is 35.7. The number of benzene rings is 3. The molecular weight excluding hydrogens is 817 g/mol. The van der Waals surface area contributed by atoms with Gasteiger partial charge in [-0.1, -0.05) is 121 Å². The summed E-state index contributed by atoms with van der Waals surface area (Å²) in [6.45, 7) is 25.9. The molecule has 0 saturated carbocycles. The van der Waals surface area contributed by atoms with Crippen LogP contribution in [0.4, 0.5) is 0 Å². The van der Waals surface area contributed by atoms with Gasteiger partial charge in [-0.3, -0.25) is 9.78 Å². The van der Waals surface area contributed by atoms with Gasteiger partial charge in [0.05, 0.1) is 13.6 Å². The summed E-state index contributed by atoms with van der Waals surface area (Å²) in [6, 6.07) is 18.7. The van der Waals surface area contributed by atoms with E-state index in [0.29, 0.717) is 5.92 Å². The predicted molar refractivity (Wildman–Crippen MR) is 212 cm³/mol. The van der Waals surface area contributed by atoms with Gasteiger partial charge in [-0.15, -0.1) is 40.5 Å². The van der Waals surface area contributed by atoms with Crippen molar-refractivity contribution in [2.24, 2.45) is 10.8 Å². The Morgan fingerprint density at radius 1 is 0.959 bits per heavy atom. The molecule has 0 bridgehead atoms. The van der Waals surface area contributed by atoms with Gasteiger partial charge in [0.25, 0.3) is 0 Å². The Bertz CT molecular complexity index is 2020. The van der Waals surface area contributed by atoms with E-state index in [0.717, 1.165) is 57.9 Å². The number of rotatable bonds is 10. The number of fused-ring (bicyclic) bond motifs is 4. The van der Waals surface area contributed by atoms with Crippen LogP contribution < -0.4 is 5.19 Å². The second-order valence-electron chi connectivity index (χ2n) is 15.1. The number of aliphatic hydroxyl groups is 1. The molecule has 1 N–H and O–H groups in total. The Labute approximate surface area is 314 Å². The molecule has 4 nitrogen and oxygen atoms in total. The third-order valence-electron chi connectivity index (χ3n) is 10.7. The maximum atomic E-state index is 12.2. The molecule has 0 unspecified atom stereocenters. The van der Waals surface area contributed by atoms with Gasteiger partial charge in [0.2, 0.25) is 0 Å². The van der Waals surface area contributed by atoms with Crippen molar-refractivity contribution in [3.05, 3.63) is 77.8 Å². The van der Waals surface area contributed by atoms with Gasteiger partial charge in [-0.05, 0) is 44.1 Å². The Balaban J connectivity index is 0.000000323. The van der Waals surface area contributed by atoms with Gasteiger partial charge in [-0.2, -0.15) is 0 Å². The van der Waals surface area contributed by atoms with E-state index in [1.165, 1.54) is 32.5 Å². The topological polar surface area (TPSA) is 63.1 Å². The minimum absolute atomic E-state index is 0. The third kappa shape index (κ3) is 8.28. The minimum atomic E-state index is -1.46. The summed E-state index contributed by atoms with van der Waals surface area (Å²) in [7, 11) is -1.46. The number of carbonyl (C=O) groups excluding carboxylic acids is 1. The van der Waals surface area contributed by atoms with E-state index in [1.54, 1.807) is 11.3 Å². The molecule has 0 saturated heterocycles. The first-order valence-corrected chi connectivity index (χ1v) is 21.9. The molecule has 2 heterocycles. The standard InChI is InChI=1S/C27H27N2SSi.C15H28O2.Ir/c1-16(2)22-14-19(13-18-9-7-8-10-20(18)22)24-27-25(29-15-28-24)21-11-12-23(31(4,5)6)17(3)26(21)30-27;1-7-14(5,8-2)12(16)11-13(17)15(6,9-3)10-4;/h7-12,14-16H,1-6H3;11,16H,7-10H2,1-6H3;/q-1;;/b;12-11-;/i15D;;. The molecule has 0 amide bonds. The van der Waals surface area contributed by atoms with Crippen molar-refractivity contribution in [2.45, 2.75) is 114 Å². The van der Waals surface area contributed by atoms with Gasteiger partial charge in [0, 0.05) is 57.5 Å². The van der Waals surface area contributed by atoms with Gasteiger partial charge >= 0.3 is 0 Å². The van der Waals surface area contributed by atoms with E-state index < -0.39 is 8.07 Å². The van der Waals surface area contributed by atoms with Gasteiger partial charge in [0.1, 0.15) is 13.4 Å². The maximum Gasteiger partial charge on any atom is 0.164 e. The minimum Gasteiger partial charge on any atom is -0.512 e. The largest absolute Gasteiger partial charge is 0.512 e. The smallest absolute Gasteiger partial charge is 0.164 e. The molecule has 5 rings (SSSR count). The summed E-state index contributed by atoms with van der Waals surface area (Å²) < 4.78 is 10.7. The fourth-order valence-electron chi connectivity index (χ4n) is 6.27. The molecule has 0 atom stereocenters. The molecule has 3 aromatic carbocycles. The van der Waals surface area contributed by atoms with Crippen LogP contribution in [0.2, 0.25) is 19.6 Å². The number of hydrogen-bond acceptors (Lipinski definition) is 5. The van der Waals surface area contributed by atoms with Gasteiger partial charge in [0.15, 0.2) is 5.78 Å². The maximum absolute atomic E-state index is 12.2. The monoisotopic (exact) mass is 873 g/mol. The summed E-state index contributed by atoms with van der Waals surface area (Å²) in [6.07, 6.45) is 4.82. The number of aryl methyl sites for hydroxylation is 1. The average molecular weight is 873 g/mol. The van der Waals surface area contributed by atoms with Crippen LogP contribution in [0.25, 0.3) is 42.3 Å². The summed E-state index contributed by atoms with van der Waals surface area (Å²) >= 11 is 1.76. The van der Waals surface area contributed by atoms with Crippen molar-refractivity contribution >= 4 is 61.5 Å². The van der Waals surface area contributed by atoms with Crippen molar-refractivity contribution in [1.82, 2.24) is 9.97 Å². The third-order valence-corrected chi connectivity index (χ3v) is 14.2. The van der Waals surface area contributed by atoms with Crippen molar-refractivity contribution in [3.63, 3.8) is 0 Å². The van der Waals surface area contributed by atoms with Crippen LogP contribution in [0.5, 0.6) is 0 Å². The summed E-state index contributed by atoms with van der Waals surface area (Å²) in [5.74, 6) is 0.666. The molecule has 7 heteroatoms. The first-order chi connectivity index (χ1) is 22.9. The fraction of sp³-hybridized carbons (Fsp3) is 0.452.